The average Bonchev–Trinajstić information content (AvgIpc) is 2.40. The molecule has 1 atom stereocenters. The molecule has 0 aliphatic carbocycles. The van der Waals surface area contributed by atoms with Crippen molar-refractivity contribution in [1.82, 2.24) is 0 Å². The molecular formula is C14H22N2O2. The van der Waals surface area contributed by atoms with Gasteiger partial charge in [-0.1, -0.05) is 6.92 Å². The van der Waals surface area contributed by atoms with Gasteiger partial charge in [0.15, 0.2) is 0 Å². The monoisotopic (exact) mass is 250 g/mol. The van der Waals surface area contributed by atoms with Crippen molar-refractivity contribution >= 4 is 17.3 Å². The van der Waals surface area contributed by atoms with E-state index in [4.69, 9.17) is 10.5 Å². The highest BCUT2D eigenvalue weighted by Gasteiger charge is 2.16. The van der Waals surface area contributed by atoms with Crippen LogP contribution in [0, 0.1) is 0 Å². The van der Waals surface area contributed by atoms with Gasteiger partial charge in [0.05, 0.1) is 24.0 Å². The van der Waals surface area contributed by atoms with Gasteiger partial charge in [0.2, 0.25) is 0 Å². The smallest absolute Gasteiger partial charge is 0.337 e. The molecule has 1 aromatic carbocycles. The van der Waals surface area contributed by atoms with Crippen LogP contribution in [-0.2, 0) is 4.74 Å². The largest absolute Gasteiger partial charge is 0.465 e. The van der Waals surface area contributed by atoms with Crippen molar-refractivity contribution in [3.8, 4) is 0 Å². The number of nitrogens with two attached hydrogens (primary N) is 1. The number of anilines is 2. The topological polar surface area (TPSA) is 55.6 Å². The molecule has 0 spiro atoms. The van der Waals surface area contributed by atoms with Crippen molar-refractivity contribution in [2.75, 3.05) is 24.3 Å². The molecule has 0 aromatic heterocycles. The van der Waals surface area contributed by atoms with E-state index in [2.05, 4.69) is 25.7 Å². The molecule has 1 unspecified atom stereocenters. The minimum Gasteiger partial charge on any atom is -0.465 e. The minimum atomic E-state index is -0.337. The summed E-state index contributed by atoms with van der Waals surface area (Å²) in [5, 5.41) is 0. The first-order chi connectivity index (χ1) is 8.54. The Morgan fingerprint density at radius 2 is 2.11 bits per heavy atom. The van der Waals surface area contributed by atoms with E-state index in [1.54, 1.807) is 18.2 Å². The lowest BCUT2D eigenvalue weighted by Crippen LogP contribution is -2.33. The summed E-state index contributed by atoms with van der Waals surface area (Å²) < 4.78 is 4.73. The molecule has 0 aliphatic heterocycles. The Morgan fingerprint density at radius 1 is 1.44 bits per heavy atom. The summed E-state index contributed by atoms with van der Waals surface area (Å²) in [6, 6.07) is 5.63. The van der Waals surface area contributed by atoms with Crippen molar-refractivity contribution in [2.24, 2.45) is 0 Å². The molecule has 100 valence electrons. The Balaban J connectivity index is 3.16. The highest BCUT2D eigenvalue weighted by Crippen LogP contribution is 2.27. The van der Waals surface area contributed by atoms with Crippen LogP contribution in [0.5, 0.6) is 0 Å². The summed E-state index contributed by atoms with van der Waals surface area (Å²) in [5.41, 5.74) is 8.12. The highest BCUT2D eigenvalue weighted by molar-refractivity contribution is 5.92. The summed E-state index contributed by atoms with van der Waals surface area (Å²) in [6.07, 6.45) is 1.02. The maximum Gasteiger partial charge on any atom is 0.337 e. The van der Waals surface area contributed by atoms with Gasteiger partial charge in [-0.25, -0.2) is 4.79 Å². The molecule has 0 aliphatic rings. The number of ether oxygens (including phenoxy) is 1. The van der Waals surface area contributed by atoms with Crippen LogP contribution in [0.3, 0.4) is 0 Å². The van der Waals surface area contributed by atoms with E-state index in [1.807, 2.05) is 0 Å². The van der Waals surface area contributed by atoms with Crippen LogP contribution in [0.1, 0.15) is 37.6 Å². The molecular weight excluding hydrogens is 228 g/mol. The Morgan fingerprint density at radius 3 is 2.61 bits per heavy atom. The summed E-state index contributed by atoms with van der Waals surface area (Å²) in [5.74, 6) is -0.337. The first kappa shape index (κ1) is 14.4. The first-order valence-electron chi connectivity index (χ1n) is 6.29. The van der Waals surface area contributed by atoms with E-state index in [-0.39, 0.29) is 5.97 Å². The van der Waals surface area contributed by atoms with Crippen LogP contribution in [0.2, 0.25) is 0 Å². The predicted octanol–water partition coefficient (Wildman–Crippen LogP) is 2.68. The van der Waals surface area contributed by atoms with Gasteiger partial charge in [0, 0.05) is 12.6 Å². The van der Waals surface area contributed by atoms with E-state index in [0.29, 0.717) is 17.3 Å². The van der Waals surface area contributed by atoms with Crippen LogP contribution in [0.25, 0.3) is 0 Å². The molecule has 0 heterocycles. The fraction of sp³-hybridized carbons (Fsp3) is 0.500. The normalized spacial score (nSPS) is 12.0. The molecule has 4 nitrogen and oxygen atoms in total. The van der Waals surface area contributed by atoms with E-state index >= 15 is 0 Å². The molecule has 18 heavy (non-hydrogen) atoms. The van der Waals surface area contributed by atoms with E-state index in [0.717, 1.165) is 18.7 Å². The summed E-state index contributed by atoms with van der Waals surface area (Å²) in [4.78, 5) is 13.7. The van der Waals surface area contributed by atoms with Gasteiger partial charge in [0.1, 0.15) is 0 Å². The van der Waals surface area contributed by atoms with Gasteiger partial charge in [-0.15, -0.1) is 0 Å². The van der Waals surface area contributed by atoms with E-state index in [9.17, 15) is 4.79 Å². The summed E-state index contributed by atoms with van der Waals surface area (Å²) in [7, 11) is 1.38. The molecule has 0 fully saturated rings. The number of carbonyl (C=O) groups is 1. The number of rotatable bonds is 5. The molecule has 0 saturated heterocycles. The number of nitrogen functional groups attached to an aromatic ring is 1. The maximum atomic E-state index is 11.5. The Labute approximate surface area is 109 Å². The lowest BCUT2D eigenvalue weighted by molar-refractivity contribution is 0.0601. The van der Waals surface area contributed by atoms with Gasteiger partial charge >= 0.3 is 5.97 Å². The van der Waals surface area contributed by atoms with Gasteiger partial charge in [-0.2, -0.15) is 0 Å². The van der Waals surface area contributed by atoms with Crippen LogP contribution in [-0.4, -0.2) is 25.7 Å². The number of esters is 1. The lowest BCUT2D eigenvalue weighted by atomic mass is 10.1. The SMILES string of the molecule is CCC(C)N(CC)c1cc(C(=O)OC)ccc1N. The number of hydrogen-bond donors (Lipinski definition) is 1. The van der Waals surface area contributed by atoms with Crippen LogP contribution in [0.15, 0.2) is 18.2 Å². The molecule has 1 aromatic rings. The Kier molecular flexibility index (Phi) is 5.01. The zero-order valence-electron chi connectivity index (χ0n) is 11.6. The number of nitrogens with zero attached hydrogens (tertiary/aromatic N) is 1. The molecule has 0 bridgehead atoms. The Hall–Kier alpha value is -1.71. The minimum absolute atomic E-state index is 0.337. The van der Waals surface area contributed by atoms with Crippen LogP contribution in [0.4, 0.5) is 11.4 Å². The molecule has 2 N–H and O–H groups in total. The molecule has 0 radical (unpaired) electrons. The van der Waals surface area contributed by atoms with Crippen LogP contribution < -0.4 is 10.6 Å². The average molecular weight is 250 g/mol. The second kappa shape index (κ2) is 6.28. The van der Waals surface area contributed by atoms with Crippen molar-refractivity contribution in [2.45, 2.75) is 33.2 Å². The first-order valence-corrected chi connectivity index (χ1v) is 6.29. The number of benzene rings is 1. The number of methoxy groups -OCH3 is 1. The molecule has 0 saturated carbocycles. The predicted molar refractivity (Wildman–Crippen MR) is 75.0 cm³/mol. The summed E-state index contributed by atoms with van der Waals surface area (Å²) >= 11 is 0. The van der Waals surface area contributed by atoms with Crippen molar-refractivity contribution in [3.05, 3.63) is 23.8 Å². The fourth-order valence-corrected chi connectivity index (χ4v) is 1.98. The van der Waals surface area contributed by atoms with Crippen molar-refractivity contribution in [3.63, 3.8) is 0 Å². The number of hydrogen-bond acceptors (Lipinski definition) is 4. The quantitative estimate of drug-likeness (QED) is 0.645. The molecule has 0 amide bonds. The maximum absolute atomic E-state index is 11.5. The van der Waals surface area contributed by atoms with Crippen molar-refractivity contribution < 1.29 is 9.53 Å². The zero-order valence-corrected chi connectivity index (χ0v) is 11.6. The fourth-order valence-electron chi connectivity index (χ4n) is 1.98. The summed E-state index contributed by atoms with van der Waals surface area (Å²) in [6.45, 7) is 7.21. The standard InChI is InChI=1S/C14H22N2O2/c1-5-10(3)16(6-2)13-9-11(14(17)18-4)7-8-12(13)15/h7-10H,5-6,15H2,1-4H3. The second-order valence-corrected chi connectivity index (χ2v) is 4.31. The highest BCUT2D eigenvalue weighted by atomic mass is 16.5. The van der Waals surface area contributed by atoms with Crippen LogP contribution >= 0.6 is 0 Å². The lowest BCUT2D eigenvalue weighted by Gasteiger charge is -2.30. The third-order valence-electron chi connectivity index (χ3n) is 3.22. The third kappa shape index (κ3) is 2.94. The van der Waals surface area contributed by atoms with Gasteiger partial charge in [0.25, 0.3) is 0 Å². The number of carbonyl (C=O) groups excluding carboxylic acids is 1. The molecule has 4 heteroatoms. The second-order valence-electron chi connectivity index (χ2n) is 4.31. The molecule has 1 rings (SSSR count). The third-order valence-corrected chi connectivity index (χ3v) is 3.22. The van der Waals surface area contributed by atoms with Gasteiger partial charge in [-0.3, -0.25) is 0 Å². The zero-order chi connectivity index (χ0) is 13.7. The van der Waals surface area contributed by atoms with Gasteiger partial charge in [-0.05, 0) is 38.5 Å². The van der Waals surface area contributed by atoms with Gasteiger partial charge < -0.3 is 15.4 Å². The Bertz CT molecular complexity index is 418. The van der Waals surface area contributed by atoms with Crippen molar-refractivity contribution in [1.29, 1.82) is 0 Å². The van der Waals surface area contributed by atoms with E-state index < -0.39 is 0 Å². The van der Waals surface area contributed by atoms with E-state index in [1.165, 1.54) is 7.11 Å².